The van der Waals surface area contributed by atoms with E-state index in [9.17, 15) is 9.90 Å². The highest BCUT2D eigenvalue weighted by atomic mass is 16.5. The van der Waals surface area contributed by atoms with Gasteiger partial charge in [-0.15, -0.1) is 0 Å². The number of benzene rings is 2. The van der Waals surface area contributed by atoms with Gasteiger partial charge in [0.15, 0.2) is 0 Å². The van der Waals surface area contributed by atoms with E-state index in [0.717, 1.165) is 25.0 Å². The van der Waals surface area contributed by atoms with Crippen molar-refractivity contribution in [1.29, 1.82) is 0 Å². The smallest absolute Gasteiger partial charge is 0.253 e. The zero-order chi connectivity index (χ0) is 17.7. The van der Waals surface area contributed by atoms with Crippen LogP contribution in [-0.2, 0) is 0 Å². The molecule has 0 saturated carbocycles. The highest BCUT2D eigenvalue weighted by Gasteiger charge is 2.34. The number of aliphatic hydroxyl groups is 1. The molecule has 1 amide bonds. The largest absolute Gasteiger partial charge is 0.457 e. The fourth-order valence-corrected chi connectivity index (χ4v) is 3.28. The summed E-state index contributed by atoms with van der Waals surface area (Å²) in [6.45, 7) is 3.72. The van der Waals surface area contributed by atoms with Gasteiger partial charge in [0.2, 0.25) is 0 Å². The molecule has 3 rings (SSSR count). The van der Waals surface area contributed by atoms with Crippen molar-refractivity contribution in [3.8, 4) is 11.5 Å². The molecule has 25 heavy (non-hydrogen) atoms. The second-order valence-corrected chi connectivity index (χ2v) is 6.74. The lowest BCUT2D eigenvalue weighted by Gasteiger charge is -2.40. The monoisotopic (exact) mass is 339 g/mol. The summed E-state index contributed by atoms with van der Waals surface area (Å²) >= 11 is 0. The van der Waals surface area contributed by atoms with Crippen LogP contribution in [0.4, 0.5) is 0 Å². The van der Waals surface area contributed by atoms with Gasteiger partial charge in [0.05, 0.1) is 0 Å². The van der Waals surface area contributed by atoms with Gasteiger partial charge in [-0.1, -0.05) is 25.1 Å². The fourth-order valence-electron chi connectivity index (χ4n) is 3.28. The topological polar surface area (TPSA) is 49.8 Å². The summed E-state index contributed by atoms with van der Waals surface area (Å²) < 4.78 is 5.76. The number of piperidine rings is 1. The van der Waals surface area contributed by atoms with Gasteiger partial charge in [0.1, 0.15) is 11.5 Å². The number of carbonyl (C=O) groups excluding carboxylic acids is 1. The molecule has 0 atom stereocenters. The van der Waals surface area contributed by atoms with Crippen LogP contribution >= 0.6 is 0 Å². The van der Waals surface area contributed by atoms with E-state index < -0.39 is 0 Å². The van der Waals surface area contributed by atoms with Crippen LogP contribution in [0.25, 0.3) is 0 Å². The second-order valence-electron chi connectivity index (χ2n) is 6.74. The van der Waals surface area contributed by atoms with Crippen molar-refractivity contribution in [2.24, 2.45) is 5.41 Å². The summed E-state index contributed by atoms with van der Waals surface area (Å²) in [6.07, 6.45) is 2.68. The number of hydrogen-bond acceptors (Lipinski definition) is 3. The average molecular weight is 339 g/mol. The summed E-state index contributed by atoms with van der Waals surface area (Å²) in [6, 6.07) is 16.9. The number of ether oxygens (including phenoxy) is 1. The first-order chi connectivity index (χ1) is 12.2. The molecule has 0 spiro atoms. The summed E-state index contributed by atoms with van der Waals surface area (Å²) in [5.41, 5.74) is 0.665. The number of aliphatic hydroxyl groups excluding tert-OH is 1. The van der Waals surface area contributed by atoms with Crippen LogP contribution in [0.2, 0.25) is 0 Å². The number of rotatable bonds is 5. The SMILES string of the molecule is CCC1(CO)CCN(C(=O)c2ccc(Oc3ccccc3)cc2)CC1. The van der Waals surface area contributed by atoms with Gasteiger partial charge >= 0.3 is 0 Å². The number of carbonyl (C=O) groups is 1. The van der Waals surface area contributed by atoms with Crippen LogP contribution in [0.15, 0.2) is 54.6 Å². The quantitative estimate of drug-likeness (QED) is 0.892. The number of hydrogen-bond donors (Lipinski definition) is 1. The minimum Gasteiger partial charge on any atom is -0.457 e. The lowest BCUT2D eigenvalue weighted by atomic mass is 9.77. The molecule has 2 aromatic rings. The Morgan fingerprint density at radius 1 is 1.04 bits per heavy atom. The molecule has 1 fully saturated rings. The third kappa shape index (κ3) is 4.02. The molecule has 0 unspecified atom stereocenters. The summed E-state index contributed by atoms with van der Waals surface area (Å²) in [4.78, 5) is 14.6. The van der Waals surface area contributed by atoms with Crippen LogP contribution in [0, 0.1) is 5.41 Å². The molecular formula is C21H25NO3. The molecule has 1 aliphatic rings. The second kappa shape index (κ2) is 7.70. The minimum absolute atomic E-state index is 0.00976. The van der Waals surface area contributed by atoms with Crippen molar-refractivity contribution in [2.45, 2.75) is 26.2 Å². The van der Waals surface area contributed by atoms with E-state index in [4.69, 9.17) is 4.74 Å². The van der Waals surface area contributed by atoms with E-state index in [-0.39, 0.29) is 17.9 Å². The van der Waals surface area contributed by atoms with Crippen LogP contribution in [0.1, 0.15) is 36.5 Å². The van der Waals surface area contributed by atoms with Gasteiger partial charge in [-0.25, -0.2) is 0 Å². The van der Waals surface area contributed by atoms with Crippen molar-refractivity contribution in [3.63, 3.8) is 0 Å². The Kier molecular flexibility index (Phi) is 5.39. The lowest BCUT2D eigenvalue weighted by molar-refractivity contribution is 0.0338. The molecular weight excluding hydrogens is 314 g/mol. The van der Waals surface area contributed by atoms with Crippen molar-refractivity contribution < 1.29 is 14.6 Å². The van der Waals surface area contributed by atoms with Gasteiger partial charge in [-0.2, -0.15) is 0 Å². The van der Waals surface area contributed by atoms with Gasteiger partial charge in [-0.3, -0.25) is 4.79 Å². The Labute approximate surface area is 149 Å². The molecule has 1 N–H and O–H groups in total. The van der Waals surface area contributed by atoms with E-state index in [1.165, 1.54) is 0 Å². The molecule has 4 heteroatoms. The summed E-state index contributed by atoms with van der Waals surface area (Å²) in [7, 11) is 0. The Morgan fingerprint density at radius 3 is 2.20 bits per heavy atom. The molecule has 4 nitrogen and oxygen atoms in total. The predicted octanol–water partition coefficient (Wildman–Crippen LogP) is 4.10. The molecule has 1 heterocycles. The zero-order valence-corrected chi connectivity index (χ0v) is 14.6. The van der Waals surface area contributed by atoms with Crippen LogP contribution in [0.5, 0.6) is 11.5 Å². The van der Waals surface area contributed by atoms with Crippen molar-refractivity contribution in [1.82, 2.24) is 4.90 Å². The highest BCUT2D eigenvalue weighted by molar-refractivity contribution is 5.94. The first-order valence-corrected chi connectivity index (χ1v) is 8.89. The van der Waals surface area contributed by atoms with Gasteiger partial charge < -0.3 is 14.7 Å². The van der Waals surface area contributed by atoms with Crippen molar-refractivity contribution >= 4 is 5.91 Å². The predicted molar refractivity (Wildman–Crippen MR) is 97.9 cm³/mol. The van der Waals surface area contributed by atoms with Crippen LogP contribution in [-0.4, -0.2) is 35.6 Å². The number of likely N-dealkylation sites (tertiary alicyclic amines) is 1. The molecule has 0 aliphatic carbocycles. The number of amides is 1. The molecule has 0 bridgehead atoms. The third-order valence-corrected chi connectivity index (χ3v) is 5.28. The standard InChI is InChI=1S/C21H25NO3/c1-2-21(16-23)12-14-22(15-13-21)20(24)17-8-10-19(11-9-17)25-18-6-4-3-5-7-18/h3-11,23H,2,12-16H2,1H3. The van der Waals surface area contributed by atoms with E-state index in [1.807, 2.05) is 59.5 Å². The van der Waals surface area contributed by atoms with E-state index in [1.54, 1.807) is 0 Å². The Morgan fingerprint density at radius 2 is 1.64 bits per heavy atom. The molecule has 1 aliphatic heterocycles. The summed E-state index contributed by atoms with van der Waals surface area (Å²) in [5, 5.41) is 9.62. The van der Waals surface area contributed by atoms with Crippen LogP contribution < -0.4 is 4.74 Å². The Bertz CT molecular complexity index is 683. The molecule has 2 aromatic carbocycles. The third-order valence-electron chi connectivity index (χ3n) is 5.28. The lowest BCUT2D eigenvalue weighted by Crippen LogP contribution is -2.44. The molecule has 132 valence electrons. The Hall–Kier alpha value is -2.33. The first kappa shape index (κ1) is 17.5. The number of nitrogens with zero attached hydrogens (tertiary/aromatic N) is 1. The van der Waals surface area contributed by atoms with Crippen molar-refractivity contribution in [3.05, 3.63) is 60.2 Å². The fraction of sp³-hybridized carbons (Fsp3) is 0.381. The van der Waals surface area contributed by atoms with Gasteiger partial charge in [0.25, 0.3) is 5.91 Å². The van der Waals surface area contributed by atoms with Gasteiger partial charge in [0, 0.05) is 25.3 Å². The first-order valence-electron chi connectivity index (χ1n) is 8.89. The van der Waals surface area contributed by atoms with E-state index in [0.29, 0.717) is 24.4 Å². The zero-order valence-electron chi connectivity index (χ0n) is 14.6. The minimum atomic E-state index is -0.00976. The highest BCUT2D eigenvalue weighted by Crippen LogP contribution is 2.34. The van der Waals surface area contributed by atoms with Crippen molar-refractivity contribution in [2.75, 3.05) is 19.7 Å². The van der Waals surface area contributed by atoms with Gasteiger partial charge in [-0.05, 0) is 61.1 Å². The average Bonchev–Trinajstić information content (AvgIpc) is 2.69. The van der Waals surface area contributed by atoms with E-state index >= 15 is 0 Å². The normalized spacial score (nSPS) is 16.5. The maximum atomic E-state index is 12.7. The molecule has 1 saturated heterocycles. The number of para-hydroxylation sites is 1. The summed E-state index contributed by atoms with van der Waals surface area (Å²) in [5.74, 6) is 1.54. The van der Waals surface area contributed by atoms with Crippen LogP contribution in [0.3, 0.4) is 0 Å². The van der Waals surface area contributed by atoms with E-state index in [2.05, 4.69) is 6.92 Å². The molecule has 0 aromatic heterocycles. The molecule has 0 radical (unpaired) electrons. The Balaban J connectivity index is 1.62. The maximum absolute atomic E-state index is 12.7. The maximum Gasteiger partial charge on any atom is 0.253 e.